The lowest BCUT2D eigenvalue weighted by Gasteiger charge is -2.27. The van der Waals surface area contributed by atoms with E-state index in [-0.39, 0.29) is 23.8 Å². The van der Waals surface area contributed by atoms with Gasteiger partial charge >= 0.3 is 18.6 Å². The molecule has 222 valence electrons. The molecule has 0 N–H and O–H groups in total. The summed E-state index contributed by atoms with van der Waals surface area (Å²) in [6, 6.07) is 4.35. The van der Waals surface area contributed by atoms with Crippen LogP contribution in [0.25, 0.3) is 11.1 Å². The SMILES string of the molecule is CC1CCC(c2ccc(-c3cc(F)c(C(F)(F)Oc4cc(F)c(OC(F)C(F)(F)F)c(F)c4)c(F)c3)c(F)c2)OC1. The summed E-state index contributed by atoms with van der Waals surface area (Å²) < 4.78 is 165. The molecule has 0 radical (unpaired) electrons. The van der Waals surface area contributed by atoms with Crippen molar-refractivity contribution in [2.24, 2.45) is 5.92 Å². The van der Waals surface area contributed by atoms with Gasteiger partial charge in [-0.3, -0.25) is 0 Å². The summed E-state index contributed by atoms with van der Waals surface area (Å²) in [6.07, 6.45) is -13.7. The van der Waals surface area contributed by atoms with Gasteiger partial charge in [0, 0.05) is 24.3 Å². The van der Waals surface area contributed by atoms with E-state index in [4.69, 9.17) is 4.74 Å². The summed E-state index contributed by atoms with van der Waals surface area (Å²) >= 11 is 0. The van der Waals surface area contributed by atoms with E-state index in [1.165, 1.54) is 12.1 Å². The molecule has 3 atom stereocenters. The smallest absolute Gasteiger partial charge is 0.446 e. The first kappa shape index (κ1) is 30.4. The Morgan fingerprint density at radius 2 is 1.41 bits per heavy atom. The molecule has 0 spiro atoms. The molecule has 0 amide bonds. The summed E-state index contributed by atoms with van der Waals surface area (Å²) in [5.74, 6) is -11.9. The fourth-order valence-corrected chi connectivity index (χ4v) is 4.20. The zero-order chi connectivity index (χ0) is 30.3. The van der Waals surface area contributed by atoms with Crippen LogP contribution in [0.4, 0.5) is 48.3 Å². The summed E-state index contributed by atoms with van der Waals surface area (Å²) in [4.78, 5) is 0. The van der Waals surface area contributed by atoms with Gasteiger partial charge in [0.25, 0.3) is 0 Å². The van der Waals surface area contributed by atoms with Gasteiger partial charge in [-0.15, -0.1) is 0 Å². The molecule has 0 aliphatic carbocycles. The van der Waals surface area contributed by atoms with Crippen molar-refractivity contribution in [2.45, 2.75) is 44.5 Å². The van der Waals surface area contributed by atoms with Gasteiger partial charge in [0.15, 0.2) is 17.4 Å². The Labute approximate surface area is 225 Å². The highest BCUT2D eigenvalue weighted by atomic mass is 19.4. The first-order chi connectivity index (χ1) is 19.1. The Kier molecular flexibility index (Phi) is 8.44. The van der Waals surface area contributed by atoms with Gasteiger partial charge < -0.3 is 14.2 Å². The zero-order valence-corrected chi connectivity index (χ0v) is 20.8. The molecular formula is C27H19F11O3. The highest BCUT2D eigenvalue weighted by Gasteiger charge is 2.44. The fourth-order valence-electron chi connectivity index (χ4n) is 4.20. The molecule has 1 aliphatic heterocycles. The summed E-state index contributed by atoms with van der Waals surface area (Å²) in [5, 5.41) is 0. The molecular weight excluding hydrogens is 581 g/mol. The van der Waals surface area contributed by atoms with Crippen LogP contribution in [0.2, 0.25) is 0 Å². The van der Waals surface area contributed by atoms with Gasteiger partial charge in [0.2, 0.25) is 0 Å². The normalized spacial score (nSPS) is 18.7. The molecule has 3 nitrogen and oxygen atoms in total. The number of benzene rings is 3. The molecule has 1 aliphatic rings. The van der Waals surface area contributed by atoms with Gasteiger partial charge in [-0.25, -0.2) is 22.0 Å². The average Bonchev–Trinajstić information content (AvgIpc) is 2.85. The van der Waals surface area contributed by atoms with Crippen LogP contribution in [0.5, 0.6) is 11.5 Å². The Hall–Kier alpha value is -3.55. The predicted octanol–water partition coefficient (Wildman–Crippen LogP) is 8.90. The molecule has 0 saturated carbocycles. The number of rotatable bonds is 7. The average molecular weight is 600 g/mol. The summed E-state index contributed by atoms with van der Waals surface area (Å²) in [7, 11) is 0. The molecule has 3 unspecified atom stereocenters. The van der Waals surface area contributed by atoms with Gasteiger partial charge in [-0.1, -0.05) is 19.1 Å². The van der Waals surface area contributed by atoms with Crippen LogP contribution in [0.3, 0.4) is 0 Å². The van der Waals surface area contributed by atoms with Gasteiger partial charge in [-0.05, 0) is 48.1 Å². The molecule has 41 heavy (non-hydrogen) atoms. The van der Waals surface area contributed by atoms with Crippen molar-refractivity contribution in [1.29, 1.82) is 0 Å². The van der Waals surface area contributed by atoms with Crippen molar-refractivity contribution in [2.75, 3.05) is 6.61 Å². The van der Waals surface area contributed by atoms with Gasteiger partial charge in [0.1, 0.15) is 28.8 Å². The second-order valence-electron chi connectivity index (χ2n) is 9.37. The van der Waals surface area contributed by atoms with E-state index in [9.17, 15) is 48.3 Å². The third-order valence-electron chi connectivity index (χ3n) is 6.21. The number of halogens is 11. The second kappa shape index (κ2) is 11.4. The fraction of sp³-hybridized carbons (Fsp3) is 0.333. The summed E-state index contributed by atoms with van der Waals surface area (Å²) in [6.45, 7) is 2.46. The third kappa shape index (κ3) is 6.68. The molecule has 0 bridgehead atoms. The topological polar surface area (TPSA) is 27.7 Å². The van der Waals surface area contributed by atoms with E-state index >= 15 is 0 Å². The minimum absolute atomic E-state index is 0.104. The van der Waals surface area contributed by atoms with Crippen LogP contribution in [-0.2, 0) is 10.8 Å². The van der Waals surface area contributed by atoms with E-state index in [1.807, 2.05) is 6.92 Å². The lowest BCUT2D eigenvalue weighted by molar-refractivity contribution is -0.237. The van der Waals surface area contributed by atoms with Crippen molar-refractivity contribution in [3.05, 3.63) is 82.7 Å². The molecule has 4 rings (SSSR count). The van der Waals surface area contributed by atoms with Crippen molar-refractivity contribution in [3.8, 4) is 22.6 Å². The van der Waals surface area contributed by atoms with Crippen molar-refractivity contribution < 1.29 is 62.5 Å². The van der Waals surface area contributed by atoms with Crippen LogP contribution in [-0.4, -0.2) is 19.1 Å². The molecule has 3 aromatic rings. The third-order valence-corrected chi connectivity index (χ3v) is 6.21. The molecule has 0 aromatic heterocycles. The highest BCUT2D eigenvalue weighted by Crippen LogP contribution is 2.40. The van der Waals surface area contributed by atoms with Crippen LogP contribution < -0.4 is 9.47 Å². The lowest BCUT2D eigenvalue weighted by atomic mass is 9.94. The first-order valence-corrected chi connectivity index (χ1v) is 11.9. The number of ether oxygens (including phenoxy) is 3. The van der Waals surface area contributed by atoms with Crippen LogP contribution >= 0.6 is 0 Å². The Balaban J connectivity index is 1.57. The van der Waals surface area contributed by atoms with Crippen LogP contribution in [0.1, 0.15) is 37.0 Å². The standard InChI is InChI=1S/C27H19F11O3/c1-12-2-5-22(39-11-12)13-3-4-16(17(28)6-13)14-7-18(29)23(19(30)8-14)27(37,38)41-15-9-20(31)24(21(32)10-15)40-25(33)26(34,35)36/h3-4,6-10,12,22,25H,2,5,11H2,1H3. The van der Waals surface area contributed by atoms with E-state index < -0.39 is 70.4 Å². The van der Waals surface area contributed by atoms with E-state index in [2.05, 4.69) is 9.47 Å². The second-order valence-corrected chi connectivity index (χ2v) is 9.37. The number of alkyl halides is 6. The van der Waals surface area contributed by atoms with Crippen molar-refractivity contribution in [3.63, 3.8) is 0 Å². The Bertz CT molecular complexity index is 1370. The molecule has 14 heteroatoms. The maximum Gasteiger partial charge on any atom is 0.457 e. The van der Waals surface area contributed by atoms with Crippen molar-refractivity contribution in [1.82, 2.24) is 0 Å². The van der Waals surface area contributed by atoms with Crippen LogP contribution in [0, 0.1) is 35.0 Å². The molecule has 1 heterocycles. The van der Waals surface area contributed by atoms with Gasteiger partial charge in [0.05, 0.1) is 6.10 Å². The van der Waals surface area contributed by atoms with Crippen LogP contribution in [0.15, 0.2) is 42.5 Å². The van der Waals surface area contributed by atoms with Gasteiger partial charge in [-0.2, -0.15) is 26.3 Å². The molecule has 1 saturated heterocycles. The summed E-state index contributed by atoms with van der Waals surface area (Å²) in [5.41, 5.74) is -2.31. The largest absolute Gasteiger partial charge is 0.457 e. The Morgan fingerprint density at radius 1 is 0.805 bits per heavy atom. The maximum absolute atomic E-state index is 14.9. The molecule has 3 aromatic carbocycles. The quantitative estimate of drug-likeness (QED) is 0.254. The maximum atomic E-state index is 14.9. The number of hydrogen-bond acceptors (Lipinski definition) is 3. The van der Waals surface area contributed by atoms with E-state index in [1.54, 1.807) is 0 Å². The monoisotopic (exact) mass is 600 g/mol. The van der Waals surface area contributed by atoms with Crippen molar-refractivity contribution >= 4 is 0 Å². The first-order valence-electron chi connectivity index (χ1n) is 11.9. The minimum atomic E-state index is -5.66. The predicted molar refractivity (Wildman–Crippen MR) is 121 cm³/mol. The Morgan fingerprint density at radius 3 is 1.93 bits per heavy atom. The molecule has 1 fully saturated rings. The lowest BCUT2D eigenvalue weighted by Crippen LogP contribution is -2.30. The van der Waals surface area contributed by atoms with E-state index in [0.29, 0.717) is 36.6 Å². The van der Waals surface area contributed by atoms with E-state index in [0.717, 1.165) is 12.5 Å². The number of hydrogen-bond donors (Lipinski definition) is 0. The zero-order valence-electron chi connectivity index (χ0n) is 20.8. The highest BCUT2D eigenvalue weighted by molar-refractivity contribution is 5.65. The minimum Gasteiger partial charge on any atom is -0.446 e.